The van der Waals surface area contributed by atoms with E-state index >= 15 is 0 Å². The van der Waals surface area contributed by atoms with Gasteiger partial charge in [0.05, 0.1) is 4.92 Å². The van der Waals surface area contributed by atoms with E-state index in [1.165, 1.54) is 5.38 Å². The molecule has 6 nitrogen and oxygen atoms in total. The predicted molar refractivity (Wildman–Crippen MR) is 40.8 cm³/mol. The second-order valence-electron chi connectivity index (χ2n) is 1.82. The Hall–Kier alpha value is -0.990. The Morgan fingerprint density at radius 3 is 2.50 bits per heavy atom. The van der Waals surface area contributed by atoms with Crippen molar-refractivity contribution in [1.29, 1.82) is 0 Å². The normalized spacial score (nSPS) is 11.4. The maximum Gasteiger partial charge on any atom is 0.345 e. The molecule has 0 fully saturated rings. The molecule has 1 N–H and O–H groups in total. The second-order valence-corrected chi connectivity index (χ2v) is 4.11. The number of nitrogens with zero attached hydrogens (tertiary/aromatic N) is 1. The fourth-order valence-corrected chi connectivity index (χ4v) is 2.30. The summed E-state index contributed by atoms with van der Waals surface area (Å²) in [7, 11) is -4.47. The highest BCUT2D eigenvalue weighted by Gasteiger charge is 2.24. The lowest BCUT2D eigenvalue weighted by atomic mass is 10.6. The van der Waals surface area contributed by atoms with Crippen LogP contribution in [0.3, 0.4) is 0 Å². The van der Waals surface area contributed by atoms with Crippen molar-refractivity contribution in [2.45, 2.75) is 4.90 Å². The molecule has 0 saturated heterocycles. The zero-order valence-corrected chi connectivity index (χ0v) is 7.13. The lowest BCUT2D eigenvalue weighted by Crippen LogP contribution is -1.99. The molecule has 8 heteroatoms. The van der Waals surface area contributed by atoms with E-state index < -0.39 is 24.9 Å². The van der Waals surface area contributed by atoms with Crippen LogP contribution in [0.5, 0.6) is 0 Å². The Morgan fingerprint density at radius 2 is 2.17 bits per heavy atom. The second kappa shape index (κ2) is 2.81. The van der Waals surface area contributed by atoms with E-state index in [1.807, 2.05) is 0 Å². The van der Waals surface area contributed by atoms with Crippen LogP contribution in [0.4, 0.5) is 5.00 Å². The standard InChI is InChI=1S/C4H3NO5S2/c6-5(7)4-3(1-2-11-4)12(8,9)10/h1-2H,(H,8,9,10). The SMILES string of the molecule is O=[N+]([O-])c1sccc1S(=O)(=O)O. The smallest absolute Gasteiger partial charge is 0.282 e. The summed E-state index contributed by atoms with van der Waals surface area (Å²) >= 11 is 0.646. The first kappa shape index (κ1) is 9.10. The van der Waals surface area contributed by atoms with Gasteiger partial charge >= 0.3 is 15.1 Å². The van der Waals surface area contributed by atoms with Crippen molar-refractivity contribution in [2.24, 2.45) is 0 Å². The van der Waals surface area contributed by atoms with Gasteiger partial charge in [-0.3, -0.25) is 14.7 Å². The molecule has 0 bridgehead atoms. The van der Waals surface area contributed by atoms with Crippen molar-refractivity contribution < 1.29 is 17.9 Å². The monoisotopic (exact) mass is 209 g/mol. The molecule has 0 amide bonds. The minimum Gasteiger partial charge on any atom is -0.282 e. The fourth-order valence-electron chi connectivity index (χ4n) is 0.619. The lowest BCUT2D eigenvalue weighted by Gasteiger charge is -1.90. The Bertz CT molecular complexity index is 405. The van der Waals surface area contributed by atoms with Crippen LogP contribution < -0.4 is 0 Å². The summed E-state index contributed by atoms with van der Waals surface area (Å²) in [5.74, 6) is 0. The maximum absolute atomic E-state index is 10.5. The maximum atomic E-state index is 10.5. The van der Waals surface area contributed by atoms with Crippen molar-refractivity contribution in [3.8, 4) is 0 Å². The van der Waals surface area contributed by atoms with Crippen molar-refractivity contribution in [3.63, 3.8) is 0 Å². The highest BCUT2D eigenvalue weighted by Crippen LogP contribution is 2.29. The zero-order chi connectivity index (χ0) is 9.35. The Kier molecular flexibility index (Phi) is 2.13. The van der Waals surface area contributed by atoms with Crippen LogP contribution in [-0.4, -0.2) is 17.9 Å². The van der Waals surface area contributed by atoms with E-state index in [2.05, 4.69) is 0 Å². The van der Waals surface area contributed by atoms with Gasteiger partial charge in [0.15, 0.2) is 4.90 Å². The highest BCUT2D eigenvalue weighted by molar-refractivity contribution is 7.86. The molecular formula is C4H3NO5S2. The number of hydrogen-bond acceptors (Lipinski definition) is 5. The molecule has 0 aromatic carbocycles. The first-order valence-corrected chi connectivity index (χ1v) is 4.94. The Morgan fingerprint density at radius 1 is 1.58 bits per heavy atom. The first-order valence-electron chi connectivity index (χ1n) is 2.62. The minimum atomic E-state index is -4.47. The topological polar surface area (TPSA) is 97.5 Å². The third-order valence-electron chi connectivity index (χ3n) is 1.05. The van der Waals surface area contributed by atoms with E-state index in [1.54, 1.807) is 0 Å². The van der Waals surface area contributed by atoms with Gasteiger partial charge in [-0.05, 0) is 11.4 Å². The number of nitro groups is 1. The molecule has 0 atom stereocenters. The number of rotatable bonds is 2. The molecule has 66 valence electrons. The summed E-state index contributed by atoms with van der Waals surface area (Å²) in [4.78, 5) is 8.66. The summed E-state index contributed by atoms with van der Waals surface area (Å²) in [6.45, 7) is 0. The van der Waals surface area contributed by atoms with Gasteiger partial charge in [-0.2, -0.15) is 8.42 Å². The van der Waals surface area contributed by atoms with Crippen LogP contribution in [0.25, 0.3) is 0 Å². The fraction of sp³-hybridized carbons (Fsp3) is 0. The lowest BCUT2D eigenvalue weighted by molar-refractivity contribution is -0.383. The summed E-state index contributed by atoms with van der Waals surface area (Å²) in [6, 6.07) is 0.984. The third kappa shape index (κ3) is 1.60. The van der Waals surface area contributed by atoms with Crippen LogP contribution in [0, 0.1) is 10.1 Å². The van der Waals surface area contributed by atoms with Gasteiger partial charge < -0.3 is 0 Å². The van der Waals surface area contributed by atoms with Gasteiger partial charge in [0, 0.05) is 0 Å². The van der Waals surface area contributed by atoms with Crippen molar-refractivity contribution in [2.75, 3.05) is 0 Å². The predicted octanol–water partition coefficient (Wildman–Crippen LogP) is 0.903. The highest BCUT2D eigenvalue weighted by atomic mass is 32.2. The van der Waals surface area contributed by atoms with Gasteiger partial charge in [-0.25, -0.2) is 0 Å². The quantitative estimate of drug-likeness (QED) is 0.443. The molecule has 1 rings (SSSR count). The molecule has 0 radical (unpaired) electrons. The van der Waals surface area contributed by atoms with Gasteiger partial charge in [0.25, 0.3) is 0 Å². The number of hydrogen-bond donors (Lipinski definition) is 1. The Labute approximate surface area is 71.4 Å². The summed E-state index contributed by atoms with van der Waals surface area (Å²) in [5, 5.41) is 10.8. The van der Waals surface area contributed by atoms with Crippen molar-refractivity contribution in [1.82, 2.24) is 0 Å². The Balaban J connectivity index is 3.36. The average molecular weight is 209 g/mol. The molecular weight excluding hydrogens is 206 g/mol. The molecule has 0 spiro atoms. The van der Waals surface area contributed by atoms with E-state index in [0.717, 1.165) is 6.07 Å². The number of thiophene rings is 1. The van der Waals surface area contributed by atoms with Gasteiger partial charge in [-0.15, -0.1) is 0 Å². The van der Waals surface area contributed by atoms with E-state index in [4.69, 9.17) is 4.55 Å². The largest absolute Gasteiger partial charge is 0.345 e. The van der Waals surface area contributed by atoms with Gasteiger partial charge in [0.1, 0.15) is 0 Å². The first-order chi connectivity index (χ1) is 5.43. The van der Waals surface area contributed by atoms with Crippen LogP contribution in [0.15, 0.2) is 16.3 Å². The third-order valence-corrected chi connectivity index (χ3v) is 2.93. The molecule has 0 aliphatic carbocycles. The summed E-state index contributed by atoms with van der Waals surface area (Å²) < 4.78 is 29.4. The van der Waals surface area contributed by atoms with E-state index in [-0.39, 0.29) is 0 Å². The van der Waals surface area contributed by atoms with Crippen LogP contribution in [0.2, 0.25) is 0 Å². The van der Waals surface area contributed by atoms with Crippen LogP contribution in [0.1, 0.15) is 0 Å². The average Bonchev–Trinajstić information content (AvgIpc) is 2.30. The van der Waals surface area contributed by atoms with Gasteiger partial charge in [0.2, 0.25) is 0 Å². The molecule has 12 heavy (non-hydrogen) atoms. The molecule has 0 aliphatic rings. The molecule has 0 aliphatic heterocycles. The van der Waals surface area contributed by atoms with Gasteiger partial charge in [-0.1, -0.05) is 11.3 Å². The molecule has 0 saturated carbocycles. The van der Waals surface area contributed by atoms with Crippen LogP contribution >= 0.6 is 11.3 Å². The van der Waals surface area contributed by atoms with Crippen molar-refractivity contribution in [3.05, 3.63) is 21.6 Å². The molecule has 1 heterocycles. The molecule has 0 unspecified atom stereocenters. The summed E-state index contributed by atoms with van der Waals surface area (Å²) in [6.07, 6.45) is 0. The summed E-state index contributed by atoms with van der Waals surface area (Å²) in [5.41, 5.74) is 0. The van der Waals surface area contributed by atoms with Crippen molar-refractivity contribution >= 4 is 26.5 Å². The van der Waals surface area contributed by atoms with E-state index in [0.29, 0.717) is 11.3 Å². The minimum absolute atomic E-state index is 0.572. The zero-order valence-electron chi connectivity index (χ0n) is 5.50. The molecule has 1 aromatic rings. The van der Waals surface area contributed by atoms with Crippen LogP contribution in [-0.2, 0) is 10.1 Å². The molecule has 1 aromatic heterocycles. The van der Waals surface area contributed by atoms with E-state index in [9.17, 15) is 18.5 Å².